The summed E-state index contributed by atoms with van der Waals surface area (Å²) in [5.74, 6) is -1.37. The first kappa shape index (κ1) is 23.9. The van der Waals surface area contributed by atoms with Crippen LogP contribution in [0.4, 0.5) is 0 Å². The molecular weight excluding hydrogens is 455 g/mol. The van der Waals surface area contributed by atoms with Gasteiger partial charge in [0.05, 0.1) is 5.75 Å². The molecule has 1 unspecified atom stereocenters. The molecule has 2 N–H and O–H groups in total. The van der Waals surface area contributed by atoms with Crippen LogP contribution in [0.15, 0.2) is 78.9 Å². The average molecular weight is 485 g/mol. The number of rotatable bonds is 9. The number of hydrogen-bond acceptors (Lipinski definition) is 4. The quantitative estimate of drug-likeness (QED) is 0.405. The molecule has 0 saturated carbocycles. The molecule has 0 saturated heterocycles. The summed E-state index contributed by atoms with van der Waals surface area (Å²) in [5.41, 5.74) is 5.03. The van der Waals surface area contributed by atoms with Crippen LogP contribution in [0.5, 0.6) is 0 Å². The van der Waals surface area contributed by atoms with E-state index in [1.807, 2.05) is 85.8 Å². The van der Waals surface area contributed by atoms with Crippen LogP contribution in [0.1, 0.15) is 42.5 Å². The first-order chi connectivity index (χ1) is 15.7. The molecule has 0 aromatic heterocycles. The Morgan fingerprint density at radius 2 is 1.39 bits per heavy atom. The molecule has 0 spiro atoms. The summed E-state index contributed by atoms with van der Waals surface area (Å²) in [6.07, 6.45) is 0. The molecule has 0 aliphatic heterocycles. The van der Waals surface area contributed by atoms with Crippen LogP contribution in [-0.4, -0.2) is 27.1 Å². The van der Waals surface area contributed by atoms with Crippen LogP contribution in [0.3, 0.4) is 0 Å². The van der Waals surface area contributed by atoms with E-state index in [0.29, 0.717) is 0 Å². The van der Waals surface area contributed by atoms with Crippen molar-refractivity contribution in [1.29, 1.82) is 0 Å². The third-order valence-corrected chi connectivity index (χ3v) is 10.3. The monoisotopic (exact) mass is 484 g/mol. The molecule has 0 heterocycles. The van der Waals surface area contributed by atoms with Gasteiger partial charge >= 0.3 is 0 Å². The molecule has 6 nitrogen and oxygen atoms in total. The maximum Gasteiger partial charge on any atom is 0.287 e. The number of hydrogen-bond donors (Lipinski definition) is 2. The maximum absolute atomic E-state index is 13.5. The van der Waals surface area contributed by atoms with Crippen LogP contribution in [0, 0.1) is 0 Å². The summed E-state index contributed by atoms with van der Waals surface area (Å²) >= 11 is 0. The van der Waals surface area contributed by atoms with Gasteiger partial charge in [0.25, 0.3) is 7.52 Å². The van der Waals surface area contributed by atoms with Crippen molar-refractivity contribution < 1.29 is 17.5 Å². The van der Waals surface area contributed by atoms with E-state index in [1.165, 1.54) is 7.11 Å². The van der Waals surface area contributed by atoms with Gasteiger partial charge in [0.1, 0.15) is 5.78 Å². The first-order valence-corrected chi connectivity index (χ1v) is 14.2. The molecule has 0 fully saturated rings. The fourth-order valence-corrected chi connectivity index (χ4v) is 8.23. The Labute approximate surface area is 196 Å². The van der Waals surface area contributed by atoms with Gasteiger partial charge in [-0.3, -0.25) is 4.57 Å². The molecule has 1 aliphatic rings. The summed E-state index contributed by atoms with van der Waals surface area (Å²) in [5, 5.41) is 3.01. The summed E-state index contributed by atoms with van der Waals surface area (Å²) in [7, 11) is -5.98. The minimum Gasteiger partial charge on any atom is -0.320 e. The van der Waals surface area contributed by atoms with Crippen molar-refractivity contribution in [3.8, 4) is 11.1 Å². The Morgan fingerprint density at radius 1 is 0.879 bits per heavy atom. The van der Waals surface area contributed by atoms with E-state index >= 15 is 0 Å². The van der Waals surface area contributed by atoms with Gasteiger partial charge < -0.3 is 4.52 Å². The van der Waals surface area contributed by atoms with Crippen LogP contribution in [-0.2, 0) is 19.1 Å². The molecule has 0 bridgehead atoms. The lowest BCUT2D eigenvalue weighted by atomic mass is 9.99. The zero-order chi connectivity index (χ0) is 23.6. The topological polar surface area (TPSA) is 84.5 Å². The predicted octanol–water partition coefficient (Wildman–Crippen LogP) is 5.25. The third kappa shape index (κ3) is 4.98. The minimum absolute atomic E-state index is 0.136. The Kier molecular flexibility index (Phi) is 6.89. The molecule has 0 radical (unpaired) electrons. The molecule has 1 aliphatic carbocycles. The van der Waals surface area contributed by atoms with Crippen LogP contribution in [0.25, 0.3) is 11.1 Å². The van der Waals surface area contributed by atoms with E-state index in [4.69, 9.17) is 4.52 Å². The fraction of sp³-hybridized carbons (Fsp3) is 0.280. The number of nitrogens with one attached hydrogen (secondary N) is 2. The maximum atomic E-state index is 13.5. The molecule has 3 aromatic rings. The lowest BCUT2D eigenvalue weighted by Gasteiger charge is -2.28. The van der Waals surface area contributed by atoms with Crippen molar-refractivity contribution in [2.75, 3.05) is 12.9 Å². The summed E-state index contributed by atoms with van der Waals surface area (Å²) in [6, 6.07) is 25.0. The summed E-state index contributed by atoms with van der Waals surface area (Å²) < 4.78 is 47.9. The zero-order valence-corrected chi connectivity index (χ0v) is 20.6. The highest BCUT2D eigenvalue weighted by Crippen LogP contribution is 2.49. The van der Waals surface area contributed by atoms with E-state index in [-0.39, 0.29) is 17.7 Å². The second-order valence-electron chi connectivity index (χ2n) is 8.34. The third-order valence-electron chi connectivity index (χ3n) is 6.15. The lowest BCUT2D eigenvalue weighted by Crippen LogP contribution is -2.39. The van der Waals surface area contributed by atoms with Gasteiger partial charge in [0, 0.05) is 19.1 Å². The molecule has 174 valence electrons. The molecule has 33 heavy (non-hydrogen) atoms. The first-order valence-electron chi connectivity index (χ1n) is 10.9. The molecular formula is C25H29N2O4PS. The Balaban J connectivity index is 1.53. The second-order valence-corrected chi connectivity index (χ2v) is 12.7. The van der Waals surface area contributed by atoms with Crippen molar-refractivity contribution >= 4 is 17.5 Å². The van der Waals surface area contributed by atoms with Crippen molar-refractivity contribution in [2.24, 2.45) is 0 Å². The molecule has 3 aromatic carbocycles. The standard InChI is InChI=1S/C25H29N2O4PS/c1-18(20-11-5-4-6-12-20)26-32(28,31-3)19(2)27-33(29,30)17-25-23-15-9-7-13-21(23)22-14-8-10-16-24(22)25/h4-16,18-19,25,27H,17H2,1-3H3,(H,26,28)/t18-,19-,32?/m1/s1. The van der Waals surface area contributed by atoms with Gasteiger partial charge in [0.15, 0.2) is 0 Å². The van der Waals surface area contributed by atoms with Gasteiger partial charge in [-0.1, -0.05) is 78.9 Å². The number of sulfonamides is 1. The van der Waals surface area contributed by atoms with Crippen molar-refractivity contribution in [1.82, 2.24) is 9.81 Å². The Hall–Kier alpha value is -2.28. The predicted molar refractivity (Wildman–Crippen MR) is 133 cm³/mol. The van der Waals surface area contributed by atoms with Crippen molar-refractivity contribution in [3.63, 3.8) is 0 Å². The van der Waals surface area contributed by atoms with E-state index in [0.717, 1.165) is 27.8 Å². The van der Waals surface area contributed by atoms with Crippen LogP contribution in [0.2, 0.25) is 0 Å². The van der Waals surface area contributed by atoms with Crippen molar-refractivity contribution in [3.05, 3.63) is 95.6 Å². The highest BCUT2D eigenvalue weighted by Gasteiger charge is 2.37. The van der Waals surface area contributed by atoms with E-state index in [9.17, 15) is 13.0 Å². The Bertz CT molecular complexity index is 1230. The molecule has 8 heteroatoms. The summed E-state index contributed by atoms with van der Waals surface area (Å²) in [6.45, 7) is 3.44. The molecule has 3 atom stereocenters. The molecule has 0 amide bonds. The van der Waals surface area contributed by atoms with E-state index < -0.39 is 23.3 Å². The Morgan fingerprint density at radius 3 is 1.94 bits per heavy atom. The van der Waals surface area contributed by atoms with Gasteiger partial charge in [0.2, 0.25) is 10.0 Å². The zero-order valence-electron chi connectivity index (χ0n) is 18.9. The highest BCUT2D eigenvalue weighted by atomic mass is 32.2. The van der Waals surface area contributed by atoms with Gasteiger partial charge in [-0.05, 0) is 41.7 Å². The minimum atomic E-state index is -3.79. The van der Waals surface area contributed by atoms with Gasteiger partial charge in [-0.15, -0.1) is 0 Å². The summed E-state index contributed by atoms with van der Waals surface area (Å²) in [4.78, 5) is 0. The van der Waals surface area contributed by atoms with E-state index in [1.54, 1.807) is 6.92 Å². The molecule has 4 rings (SSSR count). The second kappa shape index (κ2) is 9.53. The van der Waals surface area contributed by atoms with Crippen LogP contribution >= 0.6 is 7.52 Å². The lowest BCUT2D eigenvalue weighted by molar-refractivity contribution is 0.364. The van der Waals surface area contributed by atoms with Crippen LogP contribution < -0.4 is 9.81 Å². The largest absolute Gasteiger partial charge is 0.320 e. The van der Waals surface area contributed by atoms with Crippen molar-refractivity contribution in [2.45, 2.75) is 31.6 Å². The van der Waals surface area contributed by atoms with Gasteiger partial charge in [-0.25, -0.2) is 18.2 Å². The van der Waals surface area contributed by atoms with Gasteiger partial charge in [-0.2, -0.15) is 0 Å². The normalized spacial score (nSPS) is 17.1. The number of benzene rings is 3. The fourth-order valence-electron chi connectivity index (χ4n) is 4.44. The smallest absolute Gasteiger partial charge is 0.287 e. The van der Waals surface area contributed by atoms with E-state index in [2.05, 4.69) is 9.81 Å². The SMILES string of the molecule is COP(=O)(N[C@H](C)c1ccccc1)[C@H](C)NS(=O)(=O)CC1c2ccccc2-c2ccccc21. The highest BCUT2D eigenvalue weighted by molar-refractivity contribution is 7.89. The number of fused-ring (bicyclic) bond motifs is 3. The average Bonchev–Trinajstić information content (AvgIpc) is 3.12.